The first-order valence-corrected chi connectivity index (χ1v) is 12.7. The van der Waals surface area contributed by atoms with Gasteiger partial charge in [-0.1, -0.05) is 29.0 Å². The highest BCUT2D eigenvalue weighted by Gasteiger charge is 2.48. The largest absolute Gasteiger partial charge is 0.507 e. The lowest BCUT2D eigenvalue weighted by atomic mass is 10.00. The maximum absolute atomic E-state index is 13.3. The number of hydrogen-bond donors (Lipinski definition) is 1. The molecule has 0 radical (unpaired) electrons. The number of rotatable bonds is 6. The number of hydrogen-bond acceptors (Lipinski definition) is 8. The first kappa shape index (κ1) is 23.3. The number of nitrogens with zero attached hydrogens (tertiary/aromatic N) is 2. The summed E-state index contributed by atoms with van der Waals surface area (Å²) in [7, 11) is 1.46. The molecule has 35 heavy (non-hydrogen) atoms. The van der Waals surface area contributed by atoms with E-state index in [0.29, 0.717) is 39.3 Å². The van der Waals surface area contributed by atoms with Gasteiger partial charge < -0.3 is 14.6 Å². The number of aliphatic hydroxyl groups excluding tert-OH is 1. The van der Waals surface area contributed by atoms with Crippen LogP contribution >= 0.6 is 34.3 Å². The highest BCUT2D eigenvalue weighted by Crippen LogP contribution is 2.46. The molecule has 1 aliphatic rings. The summed E-state index contributed by atoms with van der Waals surface area (Å²) < 4.78 is 11.6. The molecule has 1 aliphatic heterocycles. The number of aliphatic hydroxyl groups is 1. The number of amides is 1. The molecule has 3 heterocycles. The third-order valence-electron chi connectivity index (χ3n) is 5.55. The summed E-state index contributed by atoms with van der Waals surface area (Å²) >= 11 is 8.80. The van der Waals surface area contributed by atoms with E-state index in [4.69, 9.17) is 21.1 Å². The zero-order valence-corrected chi connectivity index (χ0v) is 21.0. The molecule has 7 nitrogen and oxygen atoms in total. The molecule has 5 rings (SSSR count). The summed E-state index contributed by atoms with van der Waals surface area (Å²) in [6.07, 6.45) is 0. The SMILES string of the molecule is CCOc1ccc2nc(N3C(=O)C(=O)/C(=C(/O)c4ccc(Cl)c(OC)c4)C3c3cccs3)sc2c1. The molecule has 0 aliphatic carbocycles. The van der Waals surface area contributed by atoms with Gasteiger partial charge in [0, 0.05) is 10.4 Å². The Hall–Kier alpha value is -3.40. The Bertz CT molecular complexity index is 1480. The molecule has 1 unspecified atom stereocenters. The van der Waals surface area contributed by atoms with Crippen LogP contribution in [-0.4, -0.2) is 35.5 Å². The van der Waals surface area contributed by atoms with Gasteiger partial charge in [-0.25, -0.2) is 4.98 Å². The van der Waals surface area contributed by atoms with Crippen LogP contribution in [0.5, 0.6) is 11.5 Å². The molecule has 1 saturated heterocycles. The van der Waals surface area contributed by atoms with Gasteiger partial charge in [0.2, 0.25) is 0 Å². The van der Waals surface area contributed by atoms with E-state index >= 15 is 0 Å². The molecule has 10 heteroatoms. The van der Waals surface area contributed by atoms with Gasteiger partial charge >= 0.3 is 5.91 Å². The van der Waals surface area contributed by atoms with Crippen LogP contribution in [0.1, 0.15) is 23.4 Å². The molecular formula is C25H19ClN2O5S2. The topological polar surface area (TPSA) is 89.0 Å². The monoisotopic (exact) mass is 526 g/mol. The number of carbonyl (C=O) groups is 2. The van der Waals surface area contributed by atoms with Crippen molar-refractivity contribution in [3.63, 3.8) is 0 Å². The van der Waals surface area contributed by atoms with E-state index < -0.39 is 17.7 Å². The zero-order valence-electron chi connectivity index (χ0n) is 18.6. The number of ketones is 1. The Kier molecular flexibility index (Phi) is 6.22. The maximum Gasteiger partial charge on any atom is 0.301 e. The van der Waals surface area contributed by atoms with Gasteiger partial charge in [0.25, 0.3) is 5.78 Å². The average molecular weight is 527 g/mol. The summed E-state index contributed by atoms with van der Waals surface area (Å²) in [6, 6.07) is 13.0. The summed E-state index contributed by atoms with van der Waals surface area (Å²) in [6.45, 7) is 2.43. The van der Waals surface area contributed by atoms with Crippen molar-refractivity contribution in [3.8, 4) is 11.5 Å². The second-order valence-corrected chi connectivity index (χ2v) is 9.99. The van der Waals surface area contributed by atoms with E-state index in [0.717, 1.165) is 9.58 Å². The standard InChI is InChI=1S/C25H19ClN2O5S2/c1-3-33-14-7-9-16-19(12-14)35-25(27-16)28-21(18-5-4-10-34-18)20(23(30)24(28)31)22(29)13-6-8-15(26)17(11-13)32-2/h4-12,21,29H,3H2,1-2H3/b22-20+. The van der Waals surface area contributed by atoms with Crippen LogP contribution in [0.25, 0.3) is 16.0 Å². The normalized spacial score (nSPS) is 17.3. The molecule has 2 aromatic carbocycles. The minimum Gasteiger partial charge on any atom is -0.507 e. The average Bonchev–Trinajstić information content (AvgIpc) is 3.58. The van der Waals surface area contributed by atoms with Crippen molar-refractivity contribution in [2.75, 3.05) is 18.6 Å². The van der Waals surface area contributed by atoms with Crippen molar-refractivity contribution >= 4 is 67.1 Å². The molecular weight excluding hydrogens is 508 g/mol. The van der Waals surface area contributed by atoms with Crippen LogP contribution in [-0.2, 0) is 9.59 Å². The first-order chi connectivity index (χ1) is 16.9. The van der Waals surface area contributed by atoms with Crippen molar-refractivity contribution in [2.24, 2.45) is 0 Å². The van der Waals surface area contributed by atoms with E-state index in [1.165, 1.54) is 40.7 Å². The van der Waals surface area contributed by atoms with Crippen LogP contribution in [0.4, 0.5) is 5.13 Å². The number of methoxy groups -OCH3 is 1. The van der Waals surface area contributed by atoms with Crippen molar-refractivity contribution in [1.82, 2.24) is 4.98 Å². The third kappa shape index (κ3) is 4.05. The Morgan fingerprint density at radius 1 is 1.20 bits per heavy atom. The van der Waals surface area contributed by atoms with Crippen molar-refractivity contribution in [1.29, 1.82) is 0 Å². The molecule has 1 fully saturated rings. The number of Topliss-reactive ketones (excluding diaryl/α,β-unsaturated/α-hetero) is 1. The van der Waals surface area contributed by atoms with Crippen LogP contribution in [0.2, 0.25) is 5.02 Å². The number of anilines is 1. The van der Waals surface area contributed by atoms with Crippen molar-refractivity contribution in [3.05, 3.63) is 74.9 Å². The van der Waals surface area contributed by atoms with Gasteiger partial charge in [-0.15, -0.1) is 11.3 Å². The van der Waals surface area contributed by atoms with Crippen LogP contribution in [0, 0.1) is 0 Å². The molecule has 1 amide bonds. The van der Waals surface area contributed by atoms with Gasteiger partial charge in [-0.3, -0.25) is 14.5 Å². The third-order valence-corrected chi connectivity index (χ3v) is 7.80. The number of ether oxygens (including phenoxy) is 2. The fourth-order valence-corrected chi connectivity index (χ4v) is 6.00. The second kappa shape index (κ2) is 9.33. The summed E-state index contributed by atoms with van der Waals surface area (Å²) in [4.78, 5) is 33.3. The quantitative estimate of drug-likeness (QED) is 0.187. The van der Waals surface area contributed by atoms with Crippen LogP contribution < -0.4 is 14.4 Å². The van der Waals surface area contributed by atoms with Gasteiger partial charge in [0.1, 0.15) is 23.3 Å². The Balaban J connectivity index is 1.67. The molecule has 0 bridgehead atoms. The Morgan fingerprint density at radius 2 is 2.03 bits per heavy atom. The van der Waals surface area contributed by atoms with Crippen molar-refractivity contribution < 1.29 is 24.2 Å². The fraction of sp³-hybridized carbons (Fsp3) is 0.160. The summed E-state index contributed by atoms with van der Waals surface area (Å²) in [5, 5.41) is 13.8. The van der Waals surface area contributed by atoms with Crippen LogP contribution in [0.3, 0.4) is 0 Å². The molecule has 178 valence electrons. The fourth-order valence-electron chi connectivity index (χ4n) is 3.96. The Morgan fingerprint density at radius 3 is 2.74 bits per heavy atom. The van der Waals surface area contributed by atoms with E-state index in [1.54, 1.807) is 12.1 Å². The first-order valence-electron chi connectivity index (χ1n) is 10.6. The number of benzene rings is 2. The number of aromatic nitrogens is 1. The van der Waals surface area contributed by atoms with E-state index in [2.05, 4.69) is 4.98 Å². The Labute approximate surface area is 213 Å². The molecule has 0 spiro atoms. The highest BCUT2D eigenvalue weighted by atomic mass is 35.5. The summed E-state index contributed by atoms with van der Waals surface area (Å²) in [5.41, 5.74) is 0.982. The number of thiazole rings is 1. The second-order valence-electron chi connectivity index (χ2n) is 7.59. The maximum atomic E-state index is 13.3. The molecule has 4 aromatic rings. The van der Waals surface area contributed by atoms with E-state index in [-0.39, 0.29) is 11.3 Å². The number of thiophene rings is 1. The molecule has 2 aromatic heterocycles. The van der Waals surface area contributed by atoms with Gasteiger partial charge in [-0.05, 0) is 54.8 Å². The highest BCUT2D eigenvalue weighted by molar-refractivity contribution is 7.22. The molecule has 1 N–H and O–H groups in total. The number of fused-ring (bicyclic) bond motifs is 1. The summed E-state index contributed by atoms with van der Waals surface area (Å²) in [5.74, 6) is -0.810. The lowest BCUT2D eigenvalue weighted by molar-refractivity contribution is -0.132. The van der Waals surface area contributed by atoms with Gasteiger partial charge in [0.05, 0.1) is 34.5 Å². The molecule has 1 atom stereocenters. The van der Waals surface area contributed by atoms with Gasteiger partial charge in [0.15, 0.2) is 5.13 Å². The van der Waals surface area contributed by atoms with E-state index in [9.17, 15) is 14.7 Å². The minimum absolute atomic E-state index is 0.0175. The smallest absolute Gasteiger partial charge is 0.301 e. The van der Waals surface area contributed by atoms with Crippen molar-refractivity contribution in [2.45, 2.75) is 13.0 Å². The van der Waals surface area contributed by atoms with E-state index in [1.807, 2.05) is 42.6 Å². The lowest BCUT2D eigenvalue weighted by Gasteiger charge is -2.21. The predicted molar refractivity (Wildman–Crippen MR) is 138 cm³/mol. The minimum atomic E-state index is -0.830. The van der Waals surface area contributed by atoms with Crippen LogP contribution in [0.15, 0.2) is 59.5 Å². The number of carbonyl (C=O) groups excluding carboxylic acids is 2. The number of halogens is 1. The van der Waals surface area contributed by atoms with Gasteiger partial charge in [-0.2, -0.15) is 0 Å². The lowest BCUT2D eigenvalue weighted by Crippen LogP contribution is -2.28. The molecule has 0 saturated carbocycles. The predicted octanol–water partition coefficient (Wildman–Crippen LogP) is 6.04. The zero-order chi connectivity index (χ0) is 24.7.